The minimum absolute atomic E-state index is 0.0194. The van der Waals surface area contributed by atoms with Crippen LogP contribution in [0.2, 0.25) is 0 Å². The van der Waals surface area contributed by atoms with Crippen molar-refractivity contribution in [1.29, 1.82) is 0 Å². The third-order valence-corrected chi connectivity index (χ3v) is 5.76. The Balaban J connectivity index is 1.87. The van der Waals surface area contributed by atoms with E-state index in [1.807, 2.05) is 30.5 Å². The number of hydrogen-bond donors (Lipinski definition) is 1. The fourth-order valence-corrected chi connectivity index (χ4v) is 4.41. The molecule has 2 heterocycles. The summed E-state index contributed by atoms with van der Waals surface area (Å²) in [5.41, 5.74) is 4.31. The van der Waals surface area contributed by atoms with Crippen molar-refractivity contribution < 1.29 is 14.7 Å². The molecule has 0 radical (unpaired) electrons. The van der Waals surface area contributed by atoms with E-state index in [1.54, 1.807) is 0 Å². The van der Waals surface area contributed by atoms with E-state index in [1.165, 1.54) is 16.7 Å². The third kappa shape index (κ3) is 4.14. The molecule has 1 aliphatic heterocycles. The monoisotopic (exact) mass is 400 g/mol. The number of nitrogens with zero attached hydrogens (tertiary/aromatic N) is 2. The van der Waals surface area contributed by atoms with Crippen molar-refractivity contribution in [3.8, 4) is 5.69 Å². The van der Waals surface area contributed by atoms with E-state index in [4.69, 9.17) is 17.3 Å². The Hall–Kier alpha value is -2.38. The van der Waals surface area contributed by atoms with E-state index in [0.717, 1.165) is 22.5 Å². The molecule has 0 saturated carbocycles. The van der Waals surface area contributed by atoms with Gasteiger partial charge in [-0.25, -0.2) is 0 Å². The van der Waals surface area contributed by atoms with Gasteiger partial charge in [-0.15, -0.1) is 0 Å². The number of carbonyl (C=O) groups is 2. The normalized spacial score (nSPS) is 15.8. The Labute approximate surface area is 167 Å². The summed E-state index contributed by atoms with van der Waals surface area (Å²) >= 11 is 6.57. The second kappa shape index (κ2) is 8.10. The van der Waals surface area contributed by atoms with Crippen LogP contribution in [0.1, 0.15) is 29.7 Å². The molecule has 1 N–H and O–H groups in total. The van der Waals surface area contributed by atoms with Crippen LogP contribution in [-0.4, -0.2) is 37.3 Å². The van der Waals surface area contributed by atoms with Crippen molar-refractivity contribution >= 4 is 46.3 Å². The van der Waals surface area contributed by atoms with Gasteiger partial charge in [0.25, 0.3) is 5.91 Å². The quantitative estimate of drug-likeness (QED) is 0.583. The maximum Gasteiger partial charge on any atom is 0.303 e. The third-order valence-electron chi connectivity index (χ3n) is 4.39. The van der Waals surface area contributed by atoms with Gasteiger partial charge in [-0.2, -0.15) is 0 Å². The first kappa shape index (κ1) is 19.4. The molecule has 0 bridgehead atoms. The molecular formula is C20H20N2O3S2. The number of carboxylic acids is 1. The van der Waals surface area contributed by atoms with Gasteiger partial charge in [0.05, 0.1) is 10.6 Å². The van der Waals surface area contributed by atoms with E-state index in [-0.39, 0.29) is 12.3 Å². The molecule has 2 aromatic rings. The lowest BCUT2D eigenvalue weighted by atomic mass is 10.1. The molecule has 0 unspecified atom stereocenters. The molecule has 27 heavy (non-hydrogen) atoms. The number of amides is 1. The first-order valence-electron chi connectivity index (χ1n) is 8.59. The number of aliphatic carboxylic acids is 1. The van der Waals surface area contributed by atoms with Crippen LogP contribution >= 0.6 is 24.0 Å². The number of thioether (sulfide) groups is 1. The lowest BCUT2D eigenvalue weighted by Crippen LogP contribution is -2.29. The molecule has 1 saturated heterocycles. The Morgan fingerprint density at radius 3 is 2.59 bits per heavy atom. The van der Waals surface area contributed by atoms with E-state index < -0.39 is 5.97 Å². The van der Waals surface area contributed by atoms with E-state index in [9.17, 15) is 9.59 Å². The van der Waals surface area contributed by atoms with Crippen LogP contribution < -0.4 is 0 Å². The number of thiocarbonyl (C=S) groups is 1. The van der Waals surface area contributed by atoms with Gasteiger partial charge in [-0.05, 0) is 49.6 Å². The minimum Gasteiger partial charge on any atom is -0.481 e. The Morgan fingerprint density at radius 2 is 1.93 bits per heavy atom. The zero-order valence-electron chi connectivity index (χ0n) is 15.1. The summed E-state index contributed by atoms with van der Waals surface area (Å²) in [4.78, 5) is 25.4. The molecule has 5 nitrogen and oxygen atoms in total. The summed E-state index contributed by atoms with van der Waals surface area (Å²) in [6.07, 6.45) is 4.23. The van der Waals surface area contributed by atoms with Crippen molar-refractivity contribution in [3.63, 3.8) is 0 Å². The van der Waals surface area contributed by atoms with Gasteiger partial charge in [0.2, 0.25) is 0 Å². The second-order valence-corrected chi connectivity index (χ2v) is 8.05. The molecule has 0 spiro atoms. The number of para-hydroxylation sites is 1. The summed E-state index contributed by atoms with van der Waals surface area (Å²) in [6.45, 7) is 4.45. The van der Waals surface area contributed by atoms with Gasteiger partial charge in [-0.3, -0.25) is 14.5 Å². The fraction of sp³-hybridized carbons (Fsp3) is 0.250. The van der Waals surface area contributed by atoms with Gasteiger partial charge in [0.15, 0.2) is 0 Å². The van der Waals surface area contributed by atoms with E-state index in [2.05, 4.69) is 30.5 Å². The van der Waals surface area contributed by atoms with Crippen molar-refractivity contribution in [3.05, 3.63) is 58.3 Å². The summed E-state index contributed by atoms with van der Waals surface area (Å²) < 4.78 is 2.54. The average Bonchev–Trinajstić information content (AvgIpc) is 3.14. The van der Waals surface area contributed by atoms with Crippen LogP contribution in [0.3, 0.4) is 0 Å². The van der Waals surface area contributed by atoms with Gasteiger partial charge in [-0.1, -0.05) is 42.2 Å². The Morgan fingerprint density at radius 1 is 1.22 bits per heavy atom. The molecule has 1 aromatic carbocycles. The van der Waals surface area contributed by atoms with Gasteiger partial charge in [0, 0.05) is 24.9 Å². The first-order chi connectivity index (χ1) is 12.9. The summed E-state index contributed by atoms with van der Waals surface area (Å²) in [5, 5.41) is 8.77. The second-order valence-electron chi connectivity index (χ2n) is 6.37. The highest BCUT2D eigenvalue weighted by Gasteiger charge is 2.31. The molecule has 140 valence electrons. The van der Waals surface area contributed by atoms with Crippen LogP contribution in [-0.2, 0) is 9.59 Å². The number of hydrogen-bond acceptors (Lipinski definition) is 4. The van der Waals surface area contributed by atoms with Crippen LogP contribution in [0, 0.1) is 13.8 Å². The zero-order valence-corrected chi connectivity index (χ0v) is 16.8. The molecule has 3 rings (SSSR count). The van der Waals surface area contributed by atoms with Crippen LogP contribution in [0.25, 0.3) is 11.8 Å². The summed E-state index contributed by atoms with van der Waals surface area (Å²) in [5.74, 6) is -1.04. The van der Waals surface area contributed by atoms with Gasteiger partial charge < -0.3 is 9.67 Å². The minimum atomic E-state index is -0.873. The molecule has 0 atom stereocenters. The smallest absolute Gasteiger partial charge is 0.303 e. The van der Waals surface area contributed by atoms with Crippen molar-refractivity contribution in [1.82, 2.24) is 9.47 Å². The SMILES string of the molecule is Cc1cccc(C)c1-n1cccc1/C=C1\SC(=S)N(CCCC(=O)O)C1=O. The average molecular weight is 401 g/mol. The maximum atomic E-state index is 12.7. The highest BCUT2D eigenvalue weighted by atomic mass is 32.2. The predicted molar refractivity (Wildman–Crippen MR) is 112 cm³/mol. The lowest BCUT2D eigenvalue weighted by molar-refractivity contribution is -0.137. The number of carbonyl (C=O) groups excluding carboxylic acids is 1. The largest absolute Gasteiger partial charge is 0.481 e. The van der Waals surface area contributed by atoms with Crippen LogP contribution in [0.4, 0.5) is 0 Å². The van der Waals surface area contributed by atoms with E-state index >= 15 is 0 Å². The molecular weight excluding hydrogens is 380 g/mol. The lowest BCUT2D eigenvalue weighted by Gasteiger charge is -2.14. The van der Waals surface area contributed by atoms with Crippen LogP contribution in [0.5, 0.6) is 0 Å². The predicted octanol–water partition coefficient (Wildman–Crippen LogP) is 4.16. The highest BCUT2D eigenvalue weighted by Crippen LogP contribution is 2.33. The molecule has 1 aromatic heterocycles. The Bertz CT molecular complexity index is 926. The van der Waals surface area contributed by atoms with Gasteiger partial charge in [0.1, 0.15) is 4.32 Å². The summed E-state index contributed by atoms with van der Waals surface area (Å²) in [6, 6.07) is 10.1. The molecule has 1 fully saturated rings. The Kier molecular flexibility index (Phi) is 5.82. The molecule has 1 amide bonds. The number of carboxylic acid groups (broad SMARTS) is 1. The molecule has 7 heteroatoms. The van der Waals surface area contributed by atoms with Crippen molar-refractivity contribution in [2.45, 2.75) is 26.7 Å². The first-order valence-corrected chi connectivity index (χ1v) is 9.82. The summed E-state index contributed by atoms with van der Waals surface area (Å²) in [7, 11) is 0. The fourth-order valence-electron chi connectivity index (χ4n) is 3.12. The topological polar surface area (TPSA) is 62.5 Å². The number of benzene rings is 1. The molecule has 0 aliphatic carbocycles. The highest BCUT2D eigenvalue weighted by molar-refractivity contribution is 8.26. The standard InChI is InChI=1S/C20H20N2O3S2/c1-13-6-3-7-14(2)18(13)21-10-4-8-15(21)12-16-19(25)22(20(26)27-16)11-5-9-17(23)24/h3-4,6-8,10,12H,5,9,11H2,1-2H3,(H,23,24)/b16-12-. The van der Waals surface area contributed by atoms with E-state index in [0.29, 0.717) is 22.2 Å². The zero-order chi connectivity index (χ0) is 19.6. The van der Waals surface area contributed by atoms with Crippen molar-refractivity contribution in [2.75, 3.05) is 6.54 Å². The number of rotatable bonds is 6. The molecule has 1 aliphatic rings. The maximum absolute atomic E-state index is 12.7. The van der Waals surface area contributed by atoms with Gasteiger partial charge >= 0.3 is 5.97 Å². The van der Waals surface area contributed by atoms with Crippen LogP contribution in [0.15, 0.2) is 41.4 Å². The number of aromatic nitrogens is 1. The van der Waals surface area contributed by atoms with Crippen molar-refractivity contribution in [2.24, 2.45) is 0 Å². The number of aryl methyl sites for hydroxylation is 2.